The third kappa shape index (κ3) is 5.63. The summed E-state index contributed by atoms with van der Waals surface area (Å²) in [6, 6.07) is 22.5. The Morgan fingerprint density at radius 3 is 2.52 bits per heavy atom. The van der Waals surface area contributed by atoms with Crippen molar-refractivity contribution in [1.82, 2.24) is 9.88 Å². The molecule has 0 fully saturated rings. The molecule has 1 heterocycles. The van der Waals surface area contributed by atoms with Crippen LogP contribution >= 0.6 is 11.6 Å². The fourth-order valence-corrected chi connectivity index (χ4v) is 4.38. The van der Waals surface area contributed by atoms with Crippen LogP contribution in [0.4, 0.5) is 4.39 Å². The Bertz CT molecular complexity index is 1250. The standard InChI is InChI=1S/C28H28ClFN2O/c1-19(2)16-31-28(33)15-25(21-6-5-7-22(29)14-21)26-18-32(27-9-4-3-8-24(26)27)17-20-10-12-23(30)13-11-20/h3-14,18-19,25H,15-17H2,1-2H3,(H,31,33). The van der Waals surface area contributed by atoms with Gasteiger partial charge in [0.2, 0.25) is 5.91 Å². The Balaban J connectivity index is 1.75. The van der Waals surface area contributed by atoms with Crippen molar-refractivity contribution < 1.29 is 9.18 Å². The molecule has 0 aliphatic carbocycles. The molecule has 0 saturated carbocycles. The molecule has 0 aliphatic heterocycles. The van der Waals surface area contributed by atoms with E-state index in [2.05, 4.69) is 42.1 Å². The van der Waals surface area contributed by atoms with Gasteiger partial charge in [0.1, 0.15) is 5.82 Å². The van der Waals surface area contributed by atoms with Gasteiger partial charge in [-0.3, -0.25) is 4.79 Å². The summed E-state index contributed by atoms with van der Waals surface area (Å²) in [5.41, 5.74) is 4.17. The zero-order chi connectivity index (χ0) is 23.4. The van der Waals surface area contributed by atoms with Gasteiger partial charge >= 0.3 is 0 Å². The number of nitrogens with zero attached hydrogens (tertiary/aromatic N) is 1. The summed E-state index contributed by atoms with van der Waals surface area (Å²) >= 11 is 6.32. The van der Waals surface area contributed by atoms with Crippen molar-refractivity contribution in [2.24, 2.45) is 5.92 Å². The van der Waals surface area contributed by atoms with Crippen LogP contribution in [-0.2, 0) is 11.3 Å². The SMILES string of the molecule is CC(C)CNC(=O)CC(c1cccc(Cl)c1)c1cn(Cc2ccc(F)cc2)c2ccccc12. The van der Waals surface area contributed by atoms with Gasteiger partial charge in [-0.2, -0.15) is 0 Å². The number of nitrogens with one attached hydrogen (secondary N) is 1. The van der Waals surface area contributed by atoms with Gasteiger partial charge in [0, 0.05) is 47.6 Å². The Morgan fingerprint density at radius 2 is 1.79 bits per heavy atom. The van der Waals surface area contributed by atoms with Crippen LogP contribution in [0.25, 0.3) is 10.9 Å². The summed E-state index contributed by atoms with van der Waals surface area (Å²) in [5, 5.41) is 4.80. The van der Waals surface area contributed by atoms with Crippen molar-refractivity contribution in [1.29, 1.82) is 0 Å². The molecule has 3 nitrogen and oxygen atoms in total. The molecule has 1 atom stereocenters. The maximum atomic E-state index is 13.4. The minimum absolute atomic E-state index is 0.0176. The predicted molar refractivity (Wildman–Crippen MR) is 133 cm³/mol. The highest BCUT2D eigenvalue weighted by Gasteiger charge is 2.23. The molecule has 0 aliphatic rings. The number of hydrogen-bond acceptors (Lipinski definition) is 1. The lowest BCUT2D eigenvalue weighted by atomic mass is 9.88. The van der Waals surface area contributed by atoms with E-state index in [0.717, 1.165) is 27.6 Å². The van der Waals surface area contributed by atoms with E-state index >= 15 is 0 Å². The smallest absolute Gasteiger partial charge is 0.220 e. The number of rotatable bonds is 8. The number of aromatic nitrogens is 1. The van der Waals surface area contributed by atoms with Crippen LogP contribution in [0.2, 0.25) is 5.02 Å². The van der Waals surface area contributed by atoms with Gasteiger partial charge in [-0.1, -0.05) is 67.9 Å². The Morgan fingerprint density at radius 1 is 1.03 bits per heavy atom. The number of amides is 1. The van der Waals surface area contributed by atoms with Crippen LogP contribution in [-0.4, -0.2) is 17.0 Å². The summed E-state index contributed by atoms with van der Waals surface area (Å²) in [6.07, 6.45) is 2.45. The van der Waals surface area contributed by atoms with Gasteiger partial charge in [-0.15, -0.1) is 0 Å². The second kappa shape index (κ2) is 10.2. The molecule has 4 rings (SSSR count). The molecule has 170 valence electrons. The minimum Gasteiger partial charge on any atom is -0.356 e. The van der Waals surface area contributed by atoms with Crippen molar-refractivity contribution in [3.05, 3.63) is 107 Å². The van der Waals surface area contributed by atoms with Crippen molar-refractivity contribution in [3.63, 3.8) is 0 Å². The zero-order valence-corrected chi connectivity index (χ0v) is 19.6. The van der Waals surface area contributed by atoms with Crippen LogP contribution in [0.5, 0.6) is 0 Å². The highest BCUT2D eigenvalue weighted by Crippen LogP contribution is 2.36. The monoisotopic (exact) mass is 462 g/mol. The van der Waals surface area contributed by atoms with Gasteiger partial charge < -0.3 is 9.88 Å². The van der Waals surface area contributed by atoms with Crippen LogP contribution < -0.4 is 5.32 Å². The lowest BCUT2D eigenvalue weighted by molar-refractivity contribution is -0.121. The topological polar surface area (TPSA) is 34.0 Å². The van der Waals surface area contributed by atoms with Crippen molar-refractivity contribution in [2.45, 2.75) is 32.7 Å². The summed E-state index contributed by atoms with van der Waals surface area (Å²) in [4.78, 5) is 12.9. The van der Waals surface area contributed by atoms with E-state index in [-0.39, 0.29) is 17.6 Å². The first-order chi connectivity index (χ1) is 15.9. The summed E-state index contributed by atoms with van der Waals surface area (Å²) in [5.74, 6) is 0.0145. The first kappa shape index (κ1) is 23.1. The molecule has 1 amide bonds. The first-order valence-corrected chi connectivity index (χ1v) is 11.6. The normalized spacial score (nSPS) is 12.3. The third-order valence-electron chi connectivity index (χ3n) is 5.81. The molecule has 1 aromatic heterocycles. The van der Waals surface area contributed by atoms with Crippen molar-refractivity contribution in [2.75, 3.05) is 6.54 Å². The molecule has 33 heavy (non-hydrogen) atoms. The van der Waals surface area contributed by atoms with Crippen LogP contribution in [0.3, 0.4) is 0 Å². The molecule has 0 radical (unpaired) electrons. The average Bonchev–Trinajstić information content (AvgIpc) is 3.16. The molecule has 1 unspecified atom stereocenters. The van der Waals surface area contributed by atoms with E-state index in [4.69, 9.17) is 11.6 Å². The Kier molecular flexibility index (Phi) is 7.14. The fraction of sp³-hybridized carbons (Fsp3) is 0.250. The van der Waals surface area contributed by atoms with E-state index in [1.807, 2.05) is 36.4 Å². The molecule has 0 bridgehead atoms. The summed E-state index contributed by atoms with van der Waals surface area (Å²) in [7, 11) is 0. The first-order valence-electron chi connectivity index (χ1n) is 11.2. The van der Waals surface area contributed by atoms with E-state index in [1.165, 1.54) is 12.1 Å². The lowest BCUT2D eigenvalue weighted by Crippen LogP contribution is -2.28. The van der Waals surface area contributed by atoms with Gasteiger partial charge in [0.25, 0.3) is 0 Å². The Labute approximate surface area is 199 Å². The van der Waals surface area contributed by atoms with Crippen LogP contribution in [0.15, 0.2) is 79.0 Å². The number of halogens is 2. The lowest BCUT2D eigenvalue weighted by Gasteiger charge is -2.18. The fourth-order valence-electron chi connectivity index (χ4n) is 4.18. The average molecular weight is 463 g/mol. The van der Waals surface area contributed by atoms with Crippen LogP contribution in [0.1, 0.15) is 42.9 Å². The minimum atomic E-state index is -0.245. The Hall–Kier alpha value is -3.11. The van der Waals surface area contributed by atoms with Crippen LogP contribution in [0, 0.1) is 11.7 Å². The van der Waals surface area contributed by atoms with E-state index in [1.54, 1.807) is 12.1 Å². The van der Waals surface area contributed by atoms with Crippen molar-refractivity contribution >= 4 is 28.4 Å². The van der Waals surface area contributed by atoms with E-state index in [0.29, 0.717) is 30.5 Å². The zero-order valence-electron chi connectivity index (χ0n) is 18.9. The van der Waals surface area contributed by atoms with Gasteiger partial charge in [0.15, 0.2) is 0 Å². The van der Waals surface area contributed by atoms with E-state index < -0.39 is 0 Å². The number of carbonyl (C=O) groups is 1. The number of benzene rings is 3. The molecule has 0 spiro atoms. The highest BCUT2D eigenvalue weighted by molar-refractivity contribution is 6.30. The second-order valence-electron chi connectivity index (χ2n) is 8.87. The number of fused-ring (bicyclic) bond motifs is 1. The molecular formula is C28H28ClFN2O. The molecule has 0 saturated heterocycles. The molecule has 1 N–H and O–H groups in total. The number of hydrogen-bond donors (Lipinski definition) is 1. The summed E-state index contributed by atoms with van der Waals surface area (Å²) in [6.45, 7) is 5.42. The maximum absolute atomic E-state index is 13.4. The third-order valence-corrected chi connectivity index (χ3v) is 6.04. The highest BCUT2D eigenvalue weighted by atomic mass is 35.5. The van der Waals surface area contributed by atoms with E-state index in [9.17, 15) is 9.18 Å². The second-order valence-corrected chi connectivity index (χ2v) is 9.30. The number of carbonyl (C=O) groups excluding carboxylic acids is 1. The van der Waals surface area contributed by atoms with Gasteiger partial charge in [0.05, 0.1) is 0 Å². The molecular weight excluding hydrogens is 435 g/mol. The maximum Gasteiger partial charge on any atom is 0.220 e. The summed E-state index contributed by atoms with van der Waals surface area (Å²) < 4.78 is 15.6. The van der Waals surface area contributed by atoms with Gasteiger partial charge in [-0.05, 0) is 52.9 Å². The molecule has 5 heteroatoms. The number of para-hydroxylation sites is 1. The quantitative estimate of drug-likeness (QED) is 0.308. The molecule has 4 aromatic rings. The largest absolute Gasteiger partial charge is 0.356 e. The predicted octanol–water partition coefficient (Wildman–Crippen LogP) is 6.78. The van der Waals surface area contributed by atoms with Crippen molar-refractivity contribution in [3.8, 4) is 0 Å². The molecule has 3 aromatic carbocycles. The van der Waals surface area contributed by atoms with Gasteiger partial charge in [-0.25, -0.2) is 4.39 Å².